The molecule has 1 unspecified atom stereocenters. The van der Waals surface area contributed by atoms with Gasteiger partial charge in [-0.05, 0) is 31.0 Å². The van der Waals surface area contributed by atoms with Crippen LogP contribution in [0.15, 0.2) is 30.3 Å². The van der Waals surface area contributed by atoms with Gasteiger partial charge in [0.05, 0.1) is 0 Å². The maximum absolute atomic E-state index is 3.35. The molecule has 1 N–H and O–H groups in total. The second kappa shape index (κ2) is 6.18. The minimum atomic E-state index is 0.665. The van der Waals surface area contributed by atoms with Gasteiger partial charge in [-0.2, -0.15) is 0 Å². The van der Waals surface area contributed by atoms with Gasteiger partial charge < -0.3 is 5.32 Å². The van der Waals surface area contributed by atoms with Crippen LogP contribution in [0.1, 0.15) is 31.7 Å². The molecule has 1 aliphatic heterocycles. The molecule has 1 aromatic rings. The zero-order chi connectivity index (χ0) is 12.1. The third kappa shape index (κ3) is 3.30. The Morgan fingerprint density at radius 2 is 2.00 bits per heavy atom. The number of benzene rings is 1. The van der Waals surface area contributed by atoms with Crippen molar-refractivity contribution in [2.24, 2.45) is 0 Å². The minimum absolute atomic E-state index is 0.665. The standard InChI is InChI=1S/C15H24N2/c1-3-17(15-11-16-12-15)10-9-13(2)14-7-5-4-6-8-14/h4-8,13,15-16H,3,9-12H2,1-2H3. The molecule has 94 valence electrons. The molecular weight excluding hydrogens is 208 g/mol. The zero-order valence-electron chi connectivity index (χ0n) is 11.0. The van der Waals surface area contributed by atoms with Crippen molar-refractivity contribution in [3.05, 3.63) is 35.9 Å². The van der Waals surface area contributed by atoms with Crippen molar-refractivity contribution < 1.29 is 0 Å². The summed E-state index contributed by atoms with van der Waals surface area (Å²) in [6, 6.07) is 11.6. The first-order chi connectivity index (χ1) is 8.31. The summed E-state index contributed by atoms with van der Waals surface area (Å²) in [5.74, 6) is 0.665. The molecule has 1 heterocycles. The van der Waals surface area contributed by atoms with E-state index in [4.69, 9.17) is 0 Å². The topological polar surface area (TPSA) is 15.3 Å². The maximum Gasteiger partial charge on any atom is 0.0345 e. The van der Waals surface area contributed by atoms with E-state index in [0.717, 1.165) is 6.04 Å². The highest BCUT2D eigenvalue weighted by Crippen LogP contribution is 2.19. The van der Waals surface area contributed by atoms with Crippen LogP contribution in [0.2, 0.25) is 0 Å². The summed E-state index contributed by atoms with van der Waals surface area (Å²) in [7, 11) is 0. The average molecular weight is 232 g/mol. The van der Waals surface area contributed by atoms with Gasteiger partial charge in [-0.3, -0.25) is 4.90 Å². The van der Waals surface area contributed by atoms with E-state index in [1.54, 1.807) is 0 Å². The van der Waals surface area contributed by atoms with Gasteiger partial charge in [0.15, 0.2) is 0 Å². The number of nitrogens with one attached hydrogen (secondary N) is 1. The van der Waals surface area contributed by atoms with Crippen molar-refractivity contribution in [2.45, 2.75) is 32.2 Å². The van der Waals surface area contributed by atoms with Crippen molar-refractivity contribution in [1.82, 2.24) is 10.2 Å². The number of hydrogen-bond acceptors (Lipinski definition) is 2. The second-order valence-electron chi connectivity index (χ2n) is 5.04. The van der Waals surface area contributed by atoms with Crippen molar-refractivity contribution >= 4 is 0 Å². The molecule has 2 nitrogen and oxygen atoms in total. The Hall–Kier alpha value is -0.860. The fraction of sp³-hybridized carbons (Fsp3) is 0.600. The fourth-order valence-corrected chi connectivity index (χ4v) is 2.44. The number of rotatable bonds is 6. The Labute approximate surface area is 105 Å². The highest BCUT2D eigenvalue weighted by atomic mass is 15.2. The number of likely N-dealkylation sites (N-methyl/N-ethyl adjacent to an activating group) is 1. The van der Waals surface area contributed by atoms with E-state index < -0.39 is 0 Å². The first-order valence-electron chi connectivity index (χ1n) is 6.81. The summed E-state index contributed by atoms with van der Waals surface area (Å²) in [6.45, 7) is 9.35. The summed E-state index contributed by atoms with van der Waals surface area (Å²) >= 11 is 0. The van der Waals surface area contributed by atoms with Crippen molar-refractivity contribution in [3.63, 3.8) is 0 Å². The molecule has 0 spiro atoms. The second-order valence-corrected chi connectivity index (χ2v) is 5.04. The Morgan fingerprint density at radius 3 is 2.53 bits per heavy atom. The molecule has 2 rings (SSSR count). The lowest BCUT2D eigenvalue weighted by molar-refractivity contribution is 0.149. The number of hydrogen-bond donors (Lipinski definition) is 1. The molecule has 0 bridgehead atoms. The van der Waals surface area contributed by atoms with E-state index >= 15 is 0 Å². The first kappa shape index (κ1) is 12.6. The van der Waals surface area contributed by atoms with Crippen LogP contribution in [0.25, 0.3) is 0 Å². The lowest BCUT2D eigenvalue weighted by Crippen LogP contribution is -2.57. The largest absolute Gasteiger partial charge is 0.314 e. The third-order valence-electron chi connectivity index (χ3n) is 3.90. The van der Waals surface area contributed by atoms with Crippen molar-refractivity contribution in [3.8, 4) is 0 Å². The summed E-state index contributed by atoms with van der Waals surface area (Å²) in [5, 5.41) is 3.35. The van der Waals surface area contributed by atoms with Crippen LogP contribution in [0.5, 0.6) is 0 Å². The van der Waals surface area contributed by atoms with Gasteiger partial charge >= 0.3 is 0 Å². The molecule has 2 heteroatoms. The zero-order valence-corrected chi connectivity index (χ0v) is 11.0. The van der Waals surface area contributed by atoms with Gasteiger partial charge in [-0.25, -0.2) is 0 Å². The van der Waals surface area contributed by atoms with Gasteiger partial charge in [0, 0.05) is 19.1 Å². The van der Waals surface area contributed by atoms with E-state index in [0.29, 0.717) is 5.92 Å². The van der Waals surface area contributed by atoms with E-state index in [-0.39, 0.29) is 0 Å². The quantitative estimate of drug-likeness (QED) is 0.810. The Kier molecular flexibility index (Phi) is 4.57. The van der Waals surface area contributed by atoms with Gasteiger partial charge in [0.1, 0.15) is 0 Å². The lowest BCUT2D eigenvalue weighted by Gasteiger charge is -2.38. The minimum Gasteiger partial charge on any atom is -0.314 e. The van der Waals surface area contributed by atoms with Gasteiger partial charge in [0.2, 0.25) is 0 Å². The van der Waals surface area contributed by atoms with Crippen LogP contribution in [-0.2, 0) is 0 Å². The molecule has 1 atom stereocenters. The van der Waals surface area contributed by atoms with Crippen LogP contribution >= 0.6 is 0 Å². The van der Waals surface area contributed by atoms with Crippen LogP contribution in [0.3, 0.4) is 0 Å². The fourth-order valence-electron chi connectivity index (χ4n) is 2.44. The van der Waals surface area contributed by atoms with Gasteiger partial charge in [0.25, 0.3) is 0 Å². The van der Waals surface area contributed by atoms with Crippen molar-refractivity contribution in [2.75, 3.05) is 26.2 Å². The summed E-state index contributed by atoms with van der Waals surface area (Å²) < 4.78 is 0. The summed E-state index contributed by atoms with van der Waals surface area (Å²) in [6.07, 6.45) is 1.26. The van der Waals surface area contributed by atoms with Crippen LogP contribution < -0.4 is 5.32 Å². The molecular formula is C15H24N2. The van der Waals surface area contributed by atoms with E-state index in [9.17, 15) is 0 Å². The average Bonchev–Trinajstić information content (AvgIpc) is 2.32. The van der Waals surface area contributed by atoms with E-state index in [1.807, 2.05) is 0 Å². The molecule has 0 amide bonds. The highest BCUT2D eigenvalue weighted by Gasteiger charge is 2.23. The van der Waals surface area contributed by atoms with E-state index in [2.05, 4.69) is 54.4 Å². The molecule has 0 saturated carbocycles. The molecule has 1 aromatic carbocycles. The van der Waals surface area contributed by atoms with Crippen molar-refractivity contribution in [1.29, 1.82) is 0 Å². The normalized spacial score (nSPS) is 18.1. The smallest absolute Gasteiger partial charge is 0.0345 e. The Bertz CT molecular complexity index is 319. The first-order valence-corrected chi connectivity index (χ1v) is 6.81. The molecule has 0 aromatic heterocycles. The molecule has 1 aliphatic rings. The molecule has 17 heavy (non-hydrogen) atoms. The SMILES string of the molecule is CCN(CCC(C)c1ccccc1)C1CNC1. The van der Waals surface area contributed by atoms with E-state index in [1.165, 1.54) is 38.2 Å². The molecule has 1 fully saturated rings. The Morgan fingerprint density at radius 1 is 1.29 bits per heavy atom. The predicted octanol–water partition coefficient (Wildman–Crippen LogP) is 2.47. The number of nitrogens with zero attached hydrogens (tertiary/aromatic N) is 1. The summed E-state index contributed by atoms with van der Waals surface area (Å²) in [5.41, 5.74) is 1.47. The third-order valence-corrected chi connectivity index (χ3v) is 3.90. The monoisotopic (exact) mass is 232 g/mol. The van der Waals surface area contributed by atoms with Crippen LogP contribution in [0.4, 0.5) is 0 Å². The predicted molar refractivity (Wildman–Crippen MR) is 73.4 cm³/mol. The molecule has 0 aliphatic carbocycles. The van der Waals surface area contributed by atoms with Gasteiger partial charge in [-0.15, -0.1) is 0 Å². The Balaban J connectivity index is 1.80. The summed E-state index contributed by atoms with van der Waals surface area (Å²) in [4.78, 5) is 2.61. The lowest BCUT2D eigenvalue weighted by atomic mass is 9.97. The maximum atomic E-state index is 3.35. The van der Waals surface area contributed by atoms with Crippen LogP contribution in [-0.4, -0.2) is 37.1 Å². The molecule has 0 radical (unpaired) electrons. The molecule has 1 saturated heterocycles. The van der Waals surface area contributed by atoms with Gasteiger partial charge in [-0.1, -0.05) is 44.2 Å². The highest BCUT2D eigenvalue weighted by molar-refractivity contribution is 5.18. The van der Waals surface area contributed by atoms with Crippen LogP contribution in [0, 0.1) is 0 Å².